The molecule has 0 spiro atoms. The Hall–Kier alpha value is -2.73. The second-order valence-electron chi connectivity index (χ2n) is 8.26. The third-order valence-corrected chi connectivity index (χ3v) is 6.26. The van der Waals surface area contributed by atoms with Crippen molar-refractivity contribution in [1.82, 2.24) is 14.7 Å². The van der Waals surface area contributed by atoms with Crippen molar-refractivity contribution in [1.29, 1.82) is 0 Å². The fourth-order valence-corrected chi connectivity index (χ4v) is 4.74. The van der Waals surface area contributed by atoms with Gasteiger partial charge in [-0.15, -0.1) is 0 Å². The van der Waals surface area contributed by atoms with Crippen LogP contribution in [0.5, 0.6) is 0 Å². The molecule has 3 heterocycles. The minimum Gasteiger partial charge on any atom is -0.314 e. The molecular formula is C24H26F2N4. The summed E-state index contributed by atoms with van der Waals surface area (Å²) in [7, 11) is 0. The van der Waals surface area contributed by atoms with E-state index in [4.69, 9.17) is 4.99 Å². The topological polar surface area (TPSA) is 22.1 Å². The van der Waals surface area contributed by atoms with E-state index >= 15 is 0 Å². The lowest BCUT2D eigenvalue weighted by Gasteiger charge is -2.44. The predicted octanol–water partition coefficient (Wildman–Crippen LogP) is 4.20. The Balaban J connectivity index is 1.39. The Bertz CT molecular complexity index is 1000. The molecule has 30 heavy (non-hydrogen) atoms. The zero-order valence-electron chi connectivity index (χ0n) is 17.1. The van der Waals surface area contributed by atoms with Crippen LogP contribution in [0.4, 0.5) is 8.78 Å². The minimum atomic E-state index is -0.824. The van der Waals surface area contributed by atoms with Crippen LogP contribution < -0.4 is 0 Å². The van der Waals surface area contributed by atoms with Crippen molar-refractivity contribution in [2.24, 2.45) is 4.99 Å². The average Bonchev–Trinajstić information content (AvgIpc) is 3.24. The van der Waals surface area contributed by atoms with E-state index in [1.165, 1.54) is 29.0 Å². The number of guanidine groups is 1. The Morgan fingerprint density at radius 3 is 2.77 bits per heavy atom. The molecule has 5 rings (SSSR count). The molecule has 0 saturated carbocycles. The Morgan fingerprint density at radius 2 is 1.97 bits per heavy atom. The number of allylic oxidation sites excluding steroid dienone is 2. The maximum absolute atomic E-state index is 13.8. The van der Waals surface area contributed by atoms with Crippen molar-refractivity contribution in [3.8, 4) is 0 Å². The lowest BCUT2D eigenvalue weighted by Crippen LogP contribution is -2.49. The number of nitrogens with zero attached hydrogens (tertiary/aromatic N) is 4. The summed E-state index contributed by atoms with van der Waals surface area (Å²) in [5.41, 5.74) is 5.57. The van der Waals surface area contributed by atoms with Crippen LogP contribution in [0.2, 0.25) is 0 Å². The van der Waals surface area contributed by atoms with E-state index in [1.807, 2.05) is 0 Å². The van der Waals surface area contributed by atoms with Gasteiger partial charge in [0.1, 0.15) is 0 Å². The molecular weight excluding hydrogens is 382 g/mol. The van der Waals surface area contributed by atoms with Crippen LogP contribution in [0.15, 0.2) is 70.5 Å². The van der Waals surface area contributed by atoms with E-state index in [0.717, 1.165) is 63.6 Å². The van der Waals surface area contributed by atoms with Gasteiger partial charge in [-0.05, 0) is 36.1 Å². The monoisotopic (exact) mass is 408 g/mol. The Kier molecular flexibility index (Phi) is 5.03. The lowest BCUT2D eigenvalue weighted by atomic mass is 9.97. The zero-order valence-corrected chi connectivity index (χ0v) is 17.1. The number of halogens is 2. The molecule has 1 aromatic rings. The van der Waals surface area contributed by atoms with Gasteiger partial charge in [0.05, 0.1) is 13.1 Å². The standard InChI is InChI=1S/C24H26F2N4/c1-17-20-16-28(14-18-5-3-2-4-6-18)11-9-23(20)29-12-10-27-24(29)30(17)15-19-7-8-21(25)22(26)13-19/h3,5-8,13H,1-2,4,9-12,14-16H2. The summed E-state index contributed by atoms with van der Waals surface area (Å²) in [4.78, 5) is 11.5. The fraction of sp³-hybridized carbons (Fsp3) is 0.375. The summed E-state index contributed by atoms with van der Waals surface area (Å²) < 4.78 is 27.1. The predicted molar refractivity (Wildman–Crippen MR) is 115 cm³/mol. The van der Waals surface area contributed by atoms with E-state index in [-0.39, 0.29) is 0 Å². The van der Waals surface area contributed by atoms with Crippen LogP contribution in [-0.4, -0.2) is 53.4 Å². The molecule has 0 unspecified atom stereocenters. The van der Waals surface area contributed by atoms with Gasteiger partial charge in [0, 0.05) is 49.6 Å². The highest BCUT2D eigenvalue weighted by Gasteiger charge is 2.38. The number of rotatable bonds is 4. The molecule has 0 fully saturated rings. The molecule has 0 atom stereocenters. The van der Waals surface area contributed by atoms with Crippen LogP contribution in [0.3, 0.4) is 0 Å². The van der Waals surface area contributed by atoms with Crippen LogP contribution in [0.1, 0.15) is 24.8 Å². The van der Waals surface area contributed by atoms with Gasteiger partial charge in [0.25, 0.3) is 0 Å². The first-order valence-corrected chi connectivity index (χ1v) is 10.6. The van der Waals surface area contributed by atoms with Gasteiger partial charge in [0.2, 0.25) is 5.96 Å². The SMILES string of the molecule is C=C1C2=C(CCN(CC3=CCCC=C3)C2)N2CCN=C2N1Cc1ccc(F)c(F)c1. The molecule has 156 valence electrons. The maximum Gasteiger partial charge on any atom is 0.205 e. The molecule has 0 N–H and O–H groups in total. The van der Waals surface area contributed by atoms with Crippen molar-refractivity contribution >= 4 is 5.96 Å². The first-order chi connectivity index (χ1) is 14.6. The Morgan fingerprint density at radius 1 is 1.07 bits per heavy atom. The van der Waals surface area contributed by atoms with Gasteiger partial charge in [-0.3, -0.25) is 9.89 Å². The largest absolute Gasteiger partial charge is 0.314 e. The van der Waals surface area contributed by atoms with E-state index in [1.54, 1.807) is 6.07 Å². The number of fused-ring (bicyclic) bond motifs is 2. The van der Waals surface area contributed by atoms with Gasteiger partial charge in [-0.25, -0.2) is 8.78 Å². The second-order valence-corrected chi connectivity index (χ2v) is 8.26. The molecule has 0 radical (unpaired) electrons. The van der Waals surface area contributed by atoms with E-state index in [2.05, 4.69) is 39.5 Å². The van der Waals surface area contributed by atoms with Crippen LogP contribution in [0.25, 0.3) is 0 Å². The quantitative estimate of drug-likeness (QED) is 0.746. The number of aliphatic imine (C=N–C) groups is 1. The van der Waals surface area contributed by atoms with Crippen molar-refractivity contribution in [2.75, 3.05) is 32.7 Å². The highest BCUT2D eigenvalue weighted by atomic mass is 19.2. The van der Waals surface area contributed by atoms with Crippen molar-refractivity contribution < 1.29 is 8.78 Å². The molecule has 0 bridgehead atoms. The third-order valence-electron chi connectivity index (χ3n) is 6.26. The first kappa shape index (κ1) is 19.2. The average molecular weight is 408 g/mol. The molecule has 0 amide bonds. The molecule has 4 nitrogen and oxygen atoms in total. The normalized spacial score (nSPS) is 21.6. The number of benzene rings is 1. The smallest absolute Gasteiger partial charge is 0.205 e. The van der Waals surface area contributed by atoms with Gasteiger partial charge in [-0.2, -0.15) is 0 Å². The van der Waals surface area contributed by atoms with Crippen LogP contribution >= 0.6 is 0 Å². The third kappa shape index (κ3) is 3.49. The fourth-order valence-electron chi connectivity index (χ4n) is 4.74. The molecule has 1 aromatic carbocycles. The van der Waals surface area contributed by atoms with Crippen LogP contribution in [-0.2, 0) is 6.54 Å². The van der Waals surface area contributed by atoms with Gasteiger partial charge in [-0.1, -0.05) is 30.9 Å². The lowest BCUT2D eigenvalue weighted by molar-refractivity contribution is 0.271. The Labute approximate surface area is 176 Å². The summed E-state index contributed by atoms with van der Waals surface area (Å²) in [6, 6.07) is 4.08. The molecule has 4 aliphatic rings. The second kappa shape index (κ2) is 7.84. The molecule has 6 heteroatoms. The van der Waals surface area contributed by atoms with E-state index in [9.17, 15) is 8.78 Å². The van der Waals surface area contributed by atoms with Crippen molar-refractivity contribution in [3.05, 3.63) is 82.7 Å². The summed E-state index contributed by atoms with van der Waals surface area (Å²) in [6.45, 7) is 9.24. The first-order valence-electron chi connectivity index (χ1n) is 10.6. The number of hydrogen-bond acceptors (Lipinski definition) is 4. The number of hydrogen-bond donors (Lipinski definition) is 0. The molecule has 1 aliphatic carbocycles. The van der Waals surface area contributed by atoms with Gasteiger partial charge >= 0.3 is 0 Å². The van der Waals surface area contributed by atoms with Crippen LogP contribution in [0, 0.1) is 11.6 Å². The van der Waals surface area contributed by atoms with Crippen molar-refractivity contribution in [2.45, 2.75) is 25.8 Å². The molecule has 3 aliphatic heterocycles. The summed E-state index contributed by atoms with van der Waals surface area (Å²) >= 11 is 0. The summed E-state index contributed by atoms with van der Waals surface area (Å²) in [6.07, 6.45) is 10.1. The van der Waals surface area contributed by atoms with E-state index in [0.29, 0.717) is 12.1 Å². The summed E-state index contributed by atoms with van der Waals surface area (Å²) in [5, 5.41) is 0. The molecule has 0 saturated heterocycles. The minimum absolute atomic E-state index is 0.427. The summed E-state index contributed by atoms with van der Waals surface area (Å²) in [5.74, 6) is -0.761. The zero-order chi connectivity index (χ0) is 20.7. The van der Waals surface area contributed by atoms with Gasteiger partial charge < -0.3 is 9.80 Å². The highest BCUT2D eigenvalue weighted by molar-refractivity contribution is 5.88. The molecule has 0 aromatic heterocycles. The highest BCUT2D eigenvalue weighted by Crippen LogP contribution is 2.36. The maximum atomic E-state index is 13.8. The van der Waals surface area contributed by atoms with Crippen molar-refractivity contribution in [3.63, 3.8) is 0 Å². The van der Waals surface area contributed by atoms with E-state index < -0.39 is 11.6 Å². The van der Waals surface area contributed by atoms with Gasteiger partial charge in [0.15, 0.2) is 11.6 Å².